The summed E-state index contributed by atoms with van der Waals surface area (Å²) in [5.74, 6) is 0.229. The van der Waals surface area contributed by atoms with Crippen LogP contribution in [0.5, 0.6) is 5.75 Å². The molecule has 2 N–H and O–H groups in total. The molecule has 0 unspecified atom stereocenters. The van der Waals surface area contributed by atoms with E-state index in [4.69, 9.17) is 9.47 Å². The van der Waals surface area contributed by atoms with Gasteiger partial charge in [0.15, 0.2) is 32.4 Å². The summed E-state index contributed by atoms with van der Waals surface area (Å²) < 4.78 is 67.3. The van der Waals surface area contributed by atoms with E-state index in [1.54, 1.807) is 12.1 Å². The Morgan fingerprint density at radius 1 is 1.14 bits per heavy atom. The van der Waals surface area contributed by atoms with Crippen molar-refractivity contribution in [3.63, 3.8) is 0 Å². The Labute approximate surface area is 260 Å². The largest absolute Gasteiger partial charge is 0.490 e. The molecule has 1 saturated heterocycles. The number of anilines is 3. The van der Waals surface area contributed by atoms with Gasteiger partial charge in [-0.1, -0.05) is 12.1 Å². The summed E-state index contributed by atoms with van der Waals surface area (Å²) >= 11 is 4.04. The minimum absolute atomic E-state index is 0.0323. The molecule has 1 aliphatic heterocycles. The highest BCUT2D eigenvalue weighted by molar-refractivity contribution is 9.10. The van der Waals surface area contributed by atoms with E-state index in [9.17, 15) is 12.8 Å². The number of hydrogen-bond donors (Lipinski definition) is 2. The minimum Gasteiger partial charge on any atom is -0.490 e. The highest BCUT2D eigenvalue weighted by Gasteiger charge is 2.40. The lowest BCUT2D eigenvalue weighted by Crippen LogP contribution is -2.37. The van der Waals surface area contributed by atoms with Crippen LogP contribution in [0.1, 0.15) is 25.1 Å². The number of ether oxygens (including phenoxy) is 2. The fourth-order valence-corrected chi connectivity index (χ4v) is 7.23. The SMILES string of the molecule is COc1c(Nc2cc(C)[nH]n2)nc(Sc2ccc(S(=O)(=O)C(C)(C)c3cccc(Br)c3F)cc2F)nc1N1CCOCC1. The molecule has 0 spiro atoms. The number of H-pyrrole nitrogens is 1. The fourth-order valence-electron chi connectivity index (χ4n) is 4.57. The van der Waals surface area contributed by atoms with Crippen molar-refractivity contribution < 1.29 is 26.7 Å². The van der Waals surface area contributed by atoms with Crippen molar-refractivity contribution >= 4 is 55.0 Å². The first-order valence-electron chi connectivity index (χ1n) is 13.2. The second-order valence-corrected chi connectivity index (χ2v) is 14.5. The van der Waals surface area contributed by atoms with Crippen molar-refractivity contribution in [1.29, 1.82) is 0 Å². The predicted molar refractivity (Wildman–Crippen MR) is 163 cm³/mol. The molecule has 0 bridgehead atoms. The number of methoxy groups -OCH3 is 1. The summed E-state index contributed by atoms with van der Waals surface area (Å²) in [6.07, 6.45) is 0. The molecule has 0 atom stereocenters. The number of rotatable bonds is 9. The topological polar surface area (TPSA) is 122 Å². The molecule has 5 rings (SSSR count). The number of benzene rings is 2. The van der Waals surface area contributed by atoms with Crippen LogP contribution in [-0.2, 0) is 19.3 Å². The maximum absolute atomic E-state index is 15.5. The van der Waals surface area contributed by atoms with Gasteiger partial charge in [0, 0.05) is 30.4 Å². The molecule has 4 aromatic rings. The van der Waals surface area contributed by atoms with Crippen molar-refractivity contribution in [2.75, 3.05) is 43.6 Å². The number of nitrogens with one attached hydrogen (secondary N) is 2. The van der Waals surface area contributed by atoms with Crippen molar-refractivity contribution in [3.8, 4) is 5.75 Å². The molecule has 0 saturated carbocycles. The number of aryl methyl sites for hydroxylation is 1. The first-order chi connectivity index (χ1) is 20.4. The Morgan fingerprint density at radius 2 is 1.88 bits per heavy atom. The van der Waals surface area contributed by atoms with Crippen LogP contribution in [0.25, 0.3) is 0 Å². The van der Waals surface area contributed by atoms with E-state index in [0.29, 0.717) is 49.5 Å². The van der Waals surface area contributed by atoms with Crippen LogP contribution < -0.4 is 15.0 Å². The number of morpholine rings is 1. The van der Waals surface area contributed by atoms with E-state index in [0.717, 1.165) is 23.5 Å². The fraction of sp³-hybridized carbons (Fsp3) is 0.321. The molecule has 1 fully saturated rings. The maximum Gasteiger partial charge on any atom is 0.204 e. The molecule has 2 aromatic carbocycles. The number of halogens is 3. The van der Waals surface area contributed by atoms with Gasteiger partial charge in [-0.2, -0.15) is 5.10 Å². The summed E-state index contributed by atoms with van der Waals surface area (Å²) in [6, 6.07) is 9.83. The van der Waals surface area contributed by atoms with Gasteiger partial charge in [0.2, 0.25) is 5.75 Å². The molecule has 1 aliphatic rings. The molecule has 228 valence electrons. The van der Waals surface area contributed by atoms with Gasteiger partial charge in [-0.25, -0.2) is 27.2 Å². The minimum atomic E-state index is -4.21. The predicted octanol–water partition coefficient (Wildman–Crippen LogP) is 6.00. The van der Waals surface area contributed by atoms with E-state index in [2.05, 4.69) is 41.4 Å². The lowest BCUT2D eigenvalue weighted by molar-refractivity contribution is 0.122. The van der Waals surface area contributed by atoms with Gasteiger partial charge in [-0.15, -0.1) is 0 Å². The third-order valence-electron chi connectivity index (χ3n) is 6.98. The van der Waals surface area contributed by atoms with Crippen LogP contribution in [0, 0.1) is 18.6 Å². The van der Waals surface area contributed by atoms with E-state index >= 15 is 4.39 Å². The molecule has 15 heteroatoms. The van der Waals surface area contributed by atoms with Crippen LogP contribution in [0.15, 0.2) is 61.9 Å². The van der Waals surface area contributed by atoms with Crippen LogP contribution in [0.4, 0.5) is 26.2 Å². The Morgan fingerprint density at radius 3 is 2.53 bits per heavy atom. The number of aromatic nitrogens is 4. The van der Waals surface area contributed by atoms with E-state index in [-0.39, 0.29) is 25.0 Å². The summed E-state index contributed by atoms with van der Waals surface area (Å²) in [5.41, 5.74) is 0.802. The van der Waals surface area contributed by atoms with Crippen LogP contribution >= 0.6 is 27.7 Å². The summed E-state index contributed by atoms with van der Waals surface area (Å²) in [5, 5.41) is 10.4. The van der Waals surface area contributed by atoms with Gasteiger partial charge >= 0.3 is 0 Å². The molecule has 43 heavy (non-hydrogen) atoms. The van der Waals surface area contributed by atoms with Gasteiger partial charge in [-0.05, 0) is 72.7 Å². The van der Waals surface area contributed by atoms with Gasteiger partial charge in [0.25, 0.3) is 0 Å². The van der Waals surface area contributed by atoms with Gasteiger partial charge < -0.3 is 19.7 Å². The van der Waals surface area contributed by atoms with Crippen LogP contribution in [-0.4, -0.2) is 62.0 Å². The van der Waals surface area contributed by atoms with Crippen molar-refractivity contribution in [2.45, 2.75) is 40.5 Å². The number of aromatic amines is 1. The Hall–Kier alpha value is -3.27. The zero-order valence-electron chi connectivity index (χ0n) is 23.7. The molecule has 0 aliphatic carbocycles. The molecule has 2 aromatic heterocycles. The second kappa shape index (κ2) is 12.4. The number of sulfone groups is 1. The first kappa shape index (κ1) is 31.2. The van der Waals surface area contributed by atoms with Crippen molar-refractivity contribution in [1.82, 2.24) is 20.2 Å². The summed E-state index contributed by atoms with van der Waals surface area (Å²) in [6.45, 7) is 6.77. The highest BCUT2D eigenvalue weighted by atomic mass is 79.9. The normalized spacial score (nSPS) is 14.2. The quantitative estimate of drug-likeness (QED) is 0.202. The Balaban J connectivity index is 1.50. The van der Waals surface area contributed by atoms with Crippen LogP contribution in [0.2, 0.25) is 0 Å². The zero-order valence-corrected chi connectivity index (χ0v) is 27.0. The molecule has 0 radical (unpaired) electrons. The van der Waals surface area contributed by atoms with Gasteiger partial charge in [-0.3, -0.25) is 5.10 Å². The third kappa shape index (κ3) is 6.21. The Kier molecular flexibility index (Phi) is 8.97. The molecular formula is C28H29BrF2N6O4S2. The lowest BCUT2D eigenvalue weighted by Gasteiger charge is -2.29. The zero-order chi connectivity index (χ0) is 30.9. The third-order valence-corrected chi connectivity index (χ3v) is 10.9. The maximum atomic E-state index is 15.5. The first-order valence-corrected chi connectivity index (χ1v) is 16.3. The lowest BCUT2D eigenvalue weighted by atomic mass is 10.0. The monoisotopic (exact) mass is 694 g/mol. The molecular weight excluding hydrogens is 666 g/mol. The van der Waals surface area contributed by atoms with E-state index < -0.39 is 26.2 Å². The summed E-state index contributed by atoms with van der Waals surface area (Å²) in [7, 11) is -2.70. The smallest absolute Gasteiger partial charge is 0.204 e. The highest BCUT2D eigenvalue weighted by Crippen LogP contribution is 2.41. The molecule has 0 amide bonds. The molecule has 3 heterocycles. The van der Waals surface area contributed by atoms with Crippen molar-refractivity contribution in [2.24, 2.45) is 0 Å². The average molecular weight is 696 g/mol. The van der Waals surface area contributed by atoms with E-state index in [1.807, 2.05) is 11.8 Å². The number of nitrogens with zero attached hydrogens (tertiary/aromatic N) is 4. The molecule has 10 nitrogen and oxygen atoms in total. The summed E-state index contributed by atoms with van der Waals surface area (Å²) in [4.78, 5) is 11.1. The van der Waals surface area contributed by atoms with Crippen LogP contribution in [0.3, 0.4) is 0 Å². The van der Waals surface area contributed by atoms with Gasteiger partial charge in [0.1, 0.15) is 11.6 Å². The van der Waals surface area contributed by atoms with E-state index in [1.165, 1.54) is 45.2 Å². The standard InChI is InChI=1S/C28H29BrF2N6O4S2/c1-16-14-22(36-35-16)32-25-24(40-4)26(37-10-12-41-13-11-37)34-27(33-25)42-21-9-8-17(15-20(21)30)43(38,39)28(2,3)18-6-5-7-19(29)23(18)31/h5-9,14-15H,10-13H2,1-4H3,(H2,32,33,34,35,36). The average Bonchev–Trinajstić information content (AvgIpc) is 3.39. The number of hydrogen-bond acceptors (Lipinski definition) is 10. The van der Waals surface area contributed by atoms with Gasteiger partial charge in [0.05, 0.1) is 39.3 Å². The second-order valence-electron chi connectivity index (χ2n) is 10.2. The van der Waals surface area contributed by atoms with Crippen molar-refractivity contribution in [3.05, 3.63) is 69.8 Å². The Bertz CT molecular complexity index is 1760.